The van der Waals surface area contributed by atoms with Gasteiger partial charge in [0.15, 0.2) is 0 Å². The van der Waals surface area contributed by atoms with Gasteiger partial charge in [-0.25, -0.2) is 9.78 Å². The summed E-state index contributed by atoms with van der Waals surface area (Å²) in [5, 5.41) is 12.6. The normalized spacial score (nSPS) is 26.4. The Labute approximate surface area is 116 Å². The maximum atomic E-state index is 11.0. The van der Waals surface area contributed by atoms with Crippen molar-refractivity contribution in [3.8, 4) is 0 Å². The maximum Gasteiger partial charge on any atom is 0.335 e. The van der Waals surface area contributed by atoms with Crippen LogP contribution in [0.15, 0.2) is 12.1 Å². The van der Waals surface area contributed by atoms with Crippen molar-refractivity contribution in [1.82, 2.24) is 9.88 Å². The third kappa shape index (κ3) is 2.53. The van der Waals surface area contributed by atoms with Crippen LogP contribution in [-0.4, -0.2) is 46.1 Å². The lowest BCUT2D eigenvalue weighted by molar-refractivity contribution is 0.0697. The van der Waals surface area contributed by atoms with Crippen LogP contribution in [0.2, 0.25) is 5.15 Å². The van der Waals surface area contributed by atoms with Crippen LogP contribution in [0.5, 0.6) is 0 Å². The highest BCUT2D eigenvalue weighted by atomic mass is 35.5. The van der Waals surface area contributed by atoms with Gasteiger partial charge in [0, 0.05) is 18.6 Å². The van der Waals surface area contributed by atoms with Crippen LogP contribution in [0, 0.1) is 0 Å². The van der Waals surface area contributed by atoms with E-state index in [0.29, 0.717) is 17.9 Å². The van der Waals surface area contributed by atoms with Crippen molar-refractivity contribution in [1.29, 1.82) is 0 Å². The van der Waals surface area contributed by atoms with Gasteiger partial charge in [0.1, 0.15) is 11.0 Å². The molecular formula is C13H16ClN3O2. The average molecular weight is 282 g/mol. The number of fused-ring (bicyclic) bond motifs is 1. The first-order valence-electron chi connectivity index (χ1n) is 6.55. The molecule has 6 heteroatoms. The number of carboxylic acids is 1. The van der Waals surface area contributed by atoms with Crippen LogP contribution < -0.4 is 5.32 Å². The van der Waals surface area contributed by atoms with Crippen LogP contribution in [0.3, 0.4) is 0 Å². The highest BCUT2D eigenvalue weighted by molar-refractivity contribution is 6.29. The van der Waals surface area contributed by atoms with E-state index in [9.17, 15) is 4.79 Å². The van der Waals surface area contributed by atoms with Gasteiger partial charge in [-0.3, -0.25) is 4.90 Å². The molecule has 3 rings (SSSR count). The number of aromatic carboxylic acids is 1. The zero-order valence-corrected chi connectivity index (χ0v) is 11.2. The van der Waals surface area contributed by atoms with Gasteiger partial charge in [0.25, 0.3) is 0 Å². The van der Waals surface area contributed by atoms with E-state index in [4.69, 9.17) is 16.7 Å². The van der Waals surface area contributed by atoms with Gasteiger partial charge in [-0.15, -0.1) is 0 Å². The van der Waals surface area contributed by atoms with Crippen molar-refractivity contribution in [3.05, 3.63) is 22.8 Å². The van der Waals surface area contributed by atoms with Gasteiger partial charge in [-0.1, -0.05) is 11.6 Å². The predicted octanol–water partition coefficient (Wildman–Crippen LogP) is 2.08. The largest absolute Gasteiger partial charge is 0.478 e. The Balaban J connectivity index is 1.78. The Hall–Kier alpha value is -1.33. The monoisotopic (exact) mass is 281 g/mol. The van der Waals surface area contributed by atoms with E-state index in [2.05, 4.69) is 15.2 Å². The first kappa shape index (κ1) is 12.7. The smallest absolute Gasteiger partial charge is 0.335 e. The standard InChI is InChI=1S/C13H16ClN3O2/c14-11-6-8(13(18)19)7-12(16-11)15-9-3-5-17-4-1-2-10(9)17/h6-7,9-10H,1-5H2,(H,15,16)(H,18,19). The minimum absolute atomic E-state index is 0.170. The molecule has 2 N–H and O–H groups in total. The summed E-state index contributed by atoms with van der Waals surface area (Å²) >= 11 is 5.87. The Morgan fingerprint density at radius 3 is 3.05 bits per heavy atom. The molecule has 0 radical (unpaired) electrons. The number of anilines is 1. The molecule has 2 unspecified atom stereocenters. The van der Waals surface area contributed by atoms with Crippen LogP contribution in [-0.2, 0) is 0 Å². The second-order valence-corrected chi connectivity index (χ2v) is 5.54. The molecule has 102 valence electrons. The third-order valence-corrected chi connectivity index (χ3v) is 4.17. The fraction of sp³-hybridized carbons (Fsp3) is 0.538. The minimum atomic E-state index is -0.985. The predicted molar refractivity (Wildman–Crippen MR) is 72.8 cm³/mol. The molecule has 1 aromatic heterocycles. The summed E-state index contributed by atoms with van der Waals surface area (Å²) in [7, 11) is 0. The number of carboxylic acid groups (broad SMARTS) is 1. The van der Waals surface area contributed by atoms with Crippen LogP contribution in [0.25, 0.3) is 0 Å². The molecule has 1 aromatic rings. The molecule has 2 saturated heterocycles. The van der Waals surface area contributed by atoms with E-state index in [1.54, 1.807) is 6.07 Å². The second-order valence-electron chi connectivity index (χ2n) is 5.15. The molecule has 2 aliphatic rings. The molecule has 19 heavy (non-hydrogen) atoms. The topological polar surface area (TPSA) is 65.5 Å². The molecule has 2 aliphatic heterocycles. The van der Waals surface area contributed by atoms with Gasteiger partial charge in [-0.2, -0.15) is 0 Å². The molecule has 5 nitrogen and oxygen atoms in total. The number of hydrogen-bond donors (Lipinski definition) is 2. The molecule has 0 bridgehead atoms. The number of nitrogens with zero attached hydrogens (tertiary/aromatic N) is 2. The Kier molecular flexibility index (Phi) is 3.33. The summed E-state index contributed by atoms with van der Waals surface area (Å²) in [4.78, 5) is 17.7. The lowest BCUT2D eigenvalue weighted by Gasteiger charge is -2.21. The van der Waals surface area contributed by atoms with Gasteiger partial charge in [0.2, 0.25) is 0 Å². The Bertz CT molecular complexity index is 509. The van der Waals surface area contributed by atoms with Crippen molar-refractivity contribution >= 4 is 23.4 Å². The van der Waals surface area contributed by atoms with Crippen molar-refractivity contribution in [2.75, 3.05) is 18.4 Å². The van der Waals surface area contributed by atoms with Gasteiger partial charge in [0.05, 0.1) is 5.56 Å². The molecule has 0 aliphatic carbocycles. The zero-order chi connectivity index (χ0) is 13.4. The van der Waals surface area contributed by atoms with Gasteiger partial charge in [-0.05, 0) is 37.9 Å². The van der Waals surface area contributed by atoms with E-state index in [1.165, 1.54) is 25.5 Å². The van der Waals surface area contributed by atoms with Crippen molar-refractivity contribution < 1.29 is 9.90 Å². The molecule has 0 saturated carbocycles. The number of halogens is 1. The molecule has 2 fully saturated rings. The SMILES string of the molecule is O=C(O)c1cc(Cl)nc(NC2CCN3CCCC23)c1. The quantitative estimate of drug-likeness (QED) is 0.831. The minimum Gasteiger partial charge on any atom is -0.478 e. The summed E-state index contributed by atoms with van der Waals surface area (Å²) in [6.45, 7) is 2.28. The maximum absolute atomic E-state index is 11.0. The van der Waals surface area contributed by atoms with E-state index in [1.807, 2.05) is 0 Å². The summed E-state index contributed by atoms with van der Waals surface area (Å²) in [5.74, 6) is -0.426. The Morgan fingerprint density at radius 2 is 2.26 bits per heavy atom. The summed E-state index contributed by atoms with van der Waals surface area (Å²) in [5.41, 5.74) is 0.170. The second kappa shape index (κ2) is 4.98. The fourth-order valence-corrected chi connectivity index (χ4v) is 3.34. The number of pyridine rings is 1. The number of hydrogen-bond acceptors (Lipinski definition) is 4. The van der Waals surface area contributed by atoms with Gasteiger partial charge >= 0.3 is 5.97 Å². The Morgan fingerprint density at radius 1 is 1.42 bits per heavy atom. The molecule has 0 spiro atoms. The fourth-order valence-electron chi connectivity index (χ4n) is 3.14. The van der Waals surface area contributed by atoms with Crippen molar-refractivity contribution in [2.45, 2.75) is 31.3 Å². The highest BCUT2D eigenvalue weighted by Gasteiger charge is 2.37. The summed E-state index contributed by atoms with van der Waals surface area (Å²) in [6.07, 6.45) is 3.51. The molecule has 0 aromatic carbocycles. The van der Waals surface area contributed by atoms with E-state index in [0.717, 1.165) is 13.0 Å². The van der Waals surface area contributed by atoms with E-state index >= 15 is 0 Å². The first-order valence-corrected chi connectivity index (χ1v) is 6.93. The number of carbonyl (C=O) groups is 1. The lowest BCUT2D eigenvalue weighted by atomic mass is 10.1. The average Bonchev–Trinajstić information content (AvgIpc) is 2.93. The zero-order valence-electron chi connectivity index (χ0n) is 10.5. The highest BCUT2D eigenvalue weighted by Crippen LogP contribution is 2.30. The molecule has 2 atom stereocenters. The van der Waals surface area contributed by atoms with E-state index in [-0.39, 0.29) is 10.7 Å². The lowest BCUT2D eigenvalue weighted by Crippen LogP contribution is -2.34. The van der Waals surface area contributed by atoms with Crippen molar-refractivity contribution in [2.24, 2.45) is 0 Å². The molecule has 3 heterocycles. The van der Waals surface area contributed by atoms with Crippen molar-refractivity contribution in [3.63, 3.8) is 0 Å². The van der Waals surface area contributed by atoms with Crippen LogP contribution in [0.1, 0.15) is 29.6 Å². The molecular weight excluding hydrogens is 266 g/mol. The number of rotatable bonds is 3. The van der Waals surface area contributed by atoms with E-state index < -0.39 is 5.97 Å². The molecule has 0 amide bonds. The summed E-state index contributed by atoms with van der Waals surface area (Å²) < 4.78 is 0. The first-order chi connectivity index (χ1) is 9.13. The number of aromatic nitrogens is 1. The number of nitrogens with one attached hydrogen (secondary N) is 1. The third-order valence-electron chi connectivity index (χ3n) is 3.98. The van der Waals surface area contributed by atoms with Crippen LogP contribution in [0.4, 0.5) is 5.82 Å². The summed E-state index contributed by atoms with van der Waals surface area (Å²) in [6, 6.07) is 3.81. The van der Waals surface area contributed by atoms with Gasteiger partial charge < -0.3 is 10.4 Å². The van der Waals surface area contributed by atoms with Crippen LogP contribution >= 0.6 is 11.6 Å².